The number of carbonyl (C=O) groups is 3. The number of allylic oxidation sites excluding steroid dienone is 2. The van der Waals surface area contributed by atoms with Crippen LogP contribution in [0.15, 0.2) is 35.5 Å². The molecule has 5 nitrogen and oxygen atoms in total. The number of fused-ring (bicyclic) bond motifs is 1. The highest BCUT2D eigenvalue weighted by molar-refractivity contribution is 5.91. The molecular formula is C19H24O5. The number of aldehydes is 1. The molecule has 0 aromatic heterocycles. The van der Waals surface area contributed by atoms with E-state index in [-0.39, 0.29) is 23.9 Å². The van der Waals surface area contributed by atoms with Crippen LogP contribution in [0.3, 0.4) is 0 Å². The van der Waals surface area contributed by atoms with E-state index in [0.29, 0.717) is 12.0 Å². The smallest absolute Gasteiger partial charge is 0.334 e. The van der Waals surface area contributed by atoms with Crippen LogP contribution < -0.4 is 0 Å². The van der Waals surface area contributed by atoms with Gasteiger partial charge in [0.2, 0.25) is 0 Å². The van der Waals surface area contributed by atoms with E-state index in [9.17, 15) is 14.4 Å². The summed E-state index contributed by atoms with van der Waals surface area (Å²) in [6, 6.07) is 0. The first kappa shape index (κ1) is 18.2. The fourth-order valence-electron chi connectivity index (χ4n) is 2.97. The third-order valence-corrected chi connectivity index (χ3v) is 4.38. The van der Waals surface area contributed by atoms with Crippen LogP contribution in [0.4, 0.5) is 0 Å². The molecule has 130 valence electrons. The fraction of sp³-hybridized carbons (Fsp3) is 0.526. The molecular weight excluding hydrogens is 308 g/mol. The summed E-state index contributed by atoms with van der Waals surface area (Å²) < 4.78 is 11.0. The zero-order chi connectivity index (χ0) is 17.9. The second kappa shape index (κ2) is 7.60. The van der Waals surface area contributed by atoms with Gasteiger partial charge in [-0.1, -0.05) is 32.1 Å². The Labute approximate surface area is 142 Å². The fourth-order valence-corrected chi connectivity index (χ4v) is 2.97. The van der Waals surface area contributed by atoms with Crippen molar-refractivity contribution in [2.45, 2.75) is 52.2 Å². The van der Waals surface area contributed by atoms with Crippen molar-refractivity contribution < 1.29 is 23.9 Å². The number of carbonyl (C=O) groups excluding carboxylic acids is 3. The predicted octanol–water partition coefficient (Wildman–Crippen LogP) is 2.91. The highest BCUT2D eigenvalue weighted by Gasteiger charge is 2.44. The minimum absolute atomic E-state index is 0.256. The Hall–Kier alpha value is -2.17. The van der Waals surface area contributed by atoms with Crippen molar-refractivity contribution in [3.05, 3.63) is 35.5 Å². The molecule has 1 heterocycles. The van der Waals surface area contributed by atoms with E-state index in [1.54, 1.807) is 13.8 Å². The van der Waals surface area contributed by atoms with Crippen molar-refractivity contribution in [3.8, 4) is 0 Å². The van der Waals surface area contributed by atoms with Gasteiger partial charge in [0.05, 0.1) is 11.8 Å². The van der Waals surface area contributed by atoms with Crippen LogP contribution in [0.5, 0.6) is 0 Å². The van der Waals surface area contributed by atoms with Gasteiger partial charge in [-0.25, -0.2) is 4.79 Å². The van der Waals surface area contributed by atoms with E-state index in [4.69, 9.17) is 9.47 Å². The molecule has 2 aliphatic rings. The Morgan fingerprint density at radius 3 is 2.79 bits per heavy atom. The summed E-state index contributed by atoms with van der Waals surface area (Å²) in [6.45, 7) is 9.26. The molecule has 1 aliphatic carbocycles. The number of esters is 2. The Balaban J connectivity index is 2.41. The second-order valence-electron chi connectivity index (χ2n) is 6.70. The Morgan fingerprint density at radius 2 is 2.17 bits per heavy atom. The maximum absolute atomic E-state index is 12.1. The first-order valence-corrected chi connectivity index (χ1v) is 8.25. The molecule has 1 fully saturated rings. The molecule has 0 spiro atoms. The highest BCUT2D eigenvalue weighted by Crippen LogP contribution is 2.36. The predicted molar refractivity (Wildman–Crippen MR) is 89.0 cm³/mol. The molecule has 1 aliphatic heterocycles. The summed E-state index contributed by atoms with van der Waals surface area (Å²) in [4.78, 5) is 35.4. The Morgan fingerprint density at radius 1 is 1.46 bits per heavy atom. The summed E-state index contributed by atoms with van der Waals surface area (Å²) in [5.74, 6) is -1.62. The van der Waals surface area contributed by atoms with E-state index in [1.165, 1.54) is 0 Å². The van der Waals surface area contributed by atoms with Crippen LogP contribution in [-0.4, -0.2) is 30.4 Å². The number of rotatable bonds is 3. The van der Waals surface area contributed by atoms with Gasteiger partial charge >= 0.3 is 11.9 Å². The summed E-state index contributed by atoms with van der Waals surface area (Å²) in [6.07, 6.45) is 5.13. The molecule has 0 N–H and O–H groups in total. The molecule has 0 radical (unpaired) electrons. The molecule has 0 unspecified atom stereocenters. The third-order valence-electron chi connectivity index (χ3n) is 4.38. The van der Waals surface area contributed by atoms with Crippen LogP contribution in [-0.2, 0) is 23.9 Å². The van der Waals surface area contributed by atoms with Gasteiger partial charge in [-0.2, -0.15) is 0 Å². The van der Waals surface area contributed by atoms with Gasteiger partial charge in [0, 0.05) is 12.0 Å². The lowest BCUT2D eigenvalue weighted by atomic mass is 9.85. The van der Waals surface area contributed by atoms with Crippen LogP contribution >= 0.6 is 0 Å². The monoisotopic (exact) mass is 332 g/mol. The summed E-state index contributed by atoms with van der Waals surface area (Å²) in [7, 11) is 0. The molecule has 24 heavy (non-hydrogen) atoms. The van der Waals surface area contributed by atoms with E-state index in [0.717, 1.165) is 18.3 Å². The lowest BCUT2D eigenvalue weighted by Gasteiger charge is -2.27. The second-order valence-corrected chi connectivity index (χ2v) is 6.70. The first-order valence-electron chi connectivity index (χ1n) is 8.25. The Bertz CT molecular complexity index is 611. The van der Waals surface area contributed by atoms with Crippen molar-refractivity contribution in [1.29, 1.82) is 0 Å². The van der Waals surface area contributed by atoms with Gasteiger partial charge in [-0.3, -0.25) is 9.59 Å². The largest absolute Gasteiger partial charge is 0.461 e. The van der Waals surface area contributed by atoms with Gasteiger partial charge in [-0.15, -0.1) is 0 Å². The molecule has 0 aromatic rings. The average Bonchev–Trinajstić information content (AvgIpc) is 2.79. The number of ether oxygens (including phenoxy) is 2. The molecule has 0 aromatic carbocycles. The summed E-state index contributed by atoms with van der Waals surface area (Å²) >= 11 is 0. The van der Waals surface area contributed by atoms with Gasteiger partial charge in [0.15, 0.2) is 0 Å². The van der Waals surface area contributed by atoms with Crippen LogP contribution in [0.25, 0.3) is 0 Å². The number of hydrogen-bond acceptors (Lipinski definition) is 5. The molecule has 3 atom stereocenters. The summed E-state index contributed by atoms with van der Waals surface area (Å²) in [5, 5.41) is 0. The minimum Gasteiger partial charge on any atom is -0.461 e. The molecule has 2 rings (SSSR count). The van der Waals surface area contributed by atoms with E-state index >= 15 is 0 Å². The highest BCUT2D eigenvalue weighted by atomic mass is 16.6. The van der Waals surface area contributed by atoms with Crippen LogP contribution in [0.1, 0.15) is 40.0 Å². The van der Waals surface area contributed by atoms with E-state index in [2.05, 4.69) is 6.58 Å². The SMILES string of the molecule is C=C1C(=O)O[C@H]2/C=C(\C)CC/C=C(/C=O)C[C@H](OC(=O)C(C)C)[C@@H]12. The van der Waals surface area contributed by atoms with E-state index in [1.807, 2.05) is 19.1 Å². The number of hydrogen-bond donors (Lipinski definition) is 0. The molecule has 0 bridgehead atoms. The minimum atomic E-state index is -0.651. The molecule has 0 saturated carbocycles. The molecule has 5 heteroatoms. The topological polar surface area (TPSA) is 69.7 Å². The maximum Gasteiger partial charge on any atom is 0.334 e. The standard InChI is InChI=1S/C19H24O5/c1-11(2)18(21)23-16-9-14(10-20)7-5-6-12(3)8-15-17(16)13(4)19(22)24-15/h7-8,10-11,15-17H,4-6,9H2,1-3H3/b12-8+,14-7+/t15-,16-,17-/m0/s1. The van der Waals surface area contributed by atoms with E-state index < -0.39 is 24.1 Å². The van der Waals surface area contributed by atoms with Crippen molar-refractivity contribution in [3.63, 3.8) is 0 Å². The first-order chi connectivity index (χ1) is 11.3. The van der Waals surface area contributed by atoms with Gasteiger partial charge < -0.3 is 9.47 Å². The quantitative estimate of drug-likeness (QED) is 0.344. The third kappa shape index (κ3) is 4.02. The van der Waals surface area contributed by atoms with Crippen LogP contribution in [0, 0.1) is 11.8 Å². The molecule has 1 saturated heterocycles. The summed E-state index contributed by atoms with van der Waals surface area (Å²) in [5.41, 5.74) is 1.92. The zero-order valence-electron chi connectivity index (χ0n) is 14.4. The average molecular weight is 332 g/mol. The molecule has 0 amide bonds. The van der Waals surface area contributed by atoms with Crippen molar-refractivity contribution in [2.24, 2.45) is 11.8 Å². The van der Waals surface area contributed by atoms with Gasteiger partial charge in [0.25, 0.3) is 0 Å². The van der Waals surface area contributed by atoms with Gasteiger partial charge in [0.1, 0.15) is 18.5 Å². The lowest BCUT2D eigenvalue weighted by molar-refractivity contribution is -0.155. The zero-order valence-corrected chi connectivity index (χ0v) is 14.4. The lowest BCUT2D eigenvalue weighted by Crippen LogP contribution is -2.34. The van der Waals surface area contributed by atoms with Crippen LogP contribution in [0.2, 0.25) is 0 Å². The van der Waals surface area contributed by atoms with Crippen molar-refractivity contribution in [2.75, 3.05) is 0 Å². The normalized spacial score (nSPS) is 32.1. The maximum atomic E-state index is 12.1. The van der Waals surface area contributed by atoms with Gasteiger partial charge in [-0.05, 0) is 31.4 Å². The van der Waals surface area contributed by atoms with Crippen molar-refractivity contribution >= 4 is 18.2 Å². The van der Waals surface area contributed by atoms with Crippen molar-refractivity contribution in [1.82, 2.24) is 0 Å². The Kier molecular flexibility index (Phi) is 5.75.